The van der Waals surface area contributed by atoms with E-state index in [1.807, 2.05) is 24.3 Å². The van der Waals surface area contributed by atoms with Gasteiger partial charge in [0.1, 0.15) is 5.82 Å². The monoisotopic (exact) mass is 338 g/mol. The quantitative estimate of drug-likeness (QED) is 0.487. The highest BCUT2D eigenvalue weighted by atomic mass is 16.4. The van der Waals surface area contributed by atoms with Crippen LogP contribution in [0, 0.1) is 0 Å². The molecule has 1 aromatic rings. The van der Waals surface area contributed by atoms with Gasteiger partial charge in [0.15, 0.2) is 5.82 Å². The number of nitrogens with zero attached hydrogens (tertiary/aromatic N) is 3. The Morgan fingerprint density at radius 2 is 2.20 bits per heavy atom. The molecule has 0 saturated carbocycles. The molecule has 0 bridgehead atoms. The molecule has 1 aliphatic carbocycles. The number of hydrogen-bond donors (Lipinski definition) is 2. The van der Waals surface area contributed by atoms with E-state index in [9.17, 15) is 9.90 Å². The maximum Gasteiger partial charge on any atom is 0.335 e. The molecule has 1 heterocycles. The van der Waals surface area contributed by atoms with Crippen LogP contribution in [0.3, 0.4) is 0 Å². The average Bonchev–Trinajstić information content (AvgIpc) is 2.83. The van der Waals surface area contributed by atoms with Gasteiger partial charge in [-0.1, -0.05) is 35.9 Å². The second kappa shape index (κ2) is 8.10. The van der Waals surface area contributed by atoms with Crippen molar-refractivity contribution in [3.63, 3.8) is 0 Å². The second-order valence-corrected chi connectivity index (χ2v) is 5.63. The summed E-state index contributed by atoms with van der Waals surface area (Å²) in [5.74, 6) is -0.620. The summed E-state index contributed by atoms with van der Waals surface area (Å²) < 4.78 is 0. The fourth-order valence-electron chi connectivity index (χ4n) is 2.29. The lowest BCUT2D eigenvalue weighted by Gasteiger charge is -2.20. The van der Waals surface area contributed by atoms with Gasteiger partial charge < -0.3 is 10.8 Å². The molecule has 2 rings (SSSR count). The first-order valence-corrected chi connectivity index (χ1v) is 7.93. The zero-order valence-corrected chi connectivity index (χ0v) is 14.6. The van der Waals surface area contributed by atoms with Crippen LogP contribution in [0.2, 0.25) is 0 Å². The Morgan fingerprint density at radius 1 is 1.44 bits per heavy atom. The lowest BCUT2D eigenvalue weighted by atomic mass is 10.1. The van der Waals surface area contributed by atoms with Crippen LogP contribution < -0.4 is 10.7 Å². The molecule has 25 heavy (non-hydrogen) atoms. The summed E-state index contributed by atoms with van der Waals surface area (Å²) in [7, 11) is 0. The van der Waals surface area contributed by atoms with Gasteiger partial charge in [-0.25, -0.2) is 9.78 Å². The largest absolute Gasteiger partial charge is 0.478 e. The lowest BCUT2D eigenvalue weighted by Crippen LogP contribution is -2.26. The zero-order valence-electron chi connectivity index (χ0n) is 14.6. The van der Waals surface area contributed by atoms with Crippen molar-refractivity contribution in [1.82, 2.24) is 4.98 Å². The molecule has 130 valence electrons. The van der Waals surface area contributed by atoms with Crippen LogP contribution in [0.5, 0.6) is 0 Å². The summed E-state index contributed by atoms with van der Waals surface area (Å²) in [6, 6.07) is 5.48. The van der Waals surface area contributed by atoms with Crippen molar-refractivity contribution in [2.75, 3.05) is 5.01 Å². The number of hydrogen-bond acceptors (Lipinski definition) is 5. The Kier molecular flexibility index (Phi) is 5.89. The number of aliphatic carboxylic acids is 1. The van der Waals surface area contributed by atoms with Gasteiger partial charge in [0.05, 0.1) is 11.3 Å². The Labute approximate surface area is 147 Å². The number of nitrogens with two attached hydrogens (primary N) is 1. The molecule has 0 atom stereocenters. The van der Waals surface area contributed by atoms with Crippen molar-refractivity contribution in [3.05, 3.63) is 65.2 Å². The van der Waals surface area contributed by atoms with Crippen LogP contribution >= 0.6 is 0 Å². The van der Waals surface area contributed by atoms with Crippen molar-refractivity contribution in [3.8, 4) is 0 Å². The predicted octanol–water partition coefficient (Wildman–Crippen LogP) is 3.46. The van der Waals surface area contributed by atoms with Gasteiger partial charge >= 0.3 is 5.97 Å². The van der Waals surface area contributed by atoms with Crippen molar-refractivity contribution in [2.45, 2.75) is 27.2 Å². The first kappa shape index (κ1) is 18.2. The minimum atomic E-state index is -1.10. The Hall–Kier alpha value is -3.15. The van der Waals surface area contributed by atoms with Crippen molar-refractivity contribution in [2.24, 2.45) is 10.8 Å². The number of hydrazone groups is 1. The molecule has 0 spiro atoms. The van der Waals surface area contributed by atoms with E-state index in [4.69, 9.17) is 5.73 Å². The van der Waals surface area contributed by atoms with E-state index in [-0.39, 0.29) is 11.4 Å². The minimum Gasteiger partial charge on any atom is -0.478 e. The molecular weight excluding hydrogens is 316 g/mol. The van der Waals surface area contributed by atoms with Crippen LogP contribution in [0.4, 0.5) is 5.82 Å². The standard InChI is InChI=1S/C19H22N4O2/c1-4-21-23(18(20)14(3)19(24)25)17-11-7-10-16(22-17)15-9-6-5-8-13(2)12-15/h4-7,9-12H,8,20H2,1-3H3,(H,24,25)/b18-14+,21-4-. The average molecular weight is 338 g/mol. The number of allylic oxidation sites excluding steroid dienone is 6. The van der Waals surface area contributed by atoms with Gasteiger partial charge in [0, 0.05) is 11.8 Å². The highest BCUT2D eigenvalue weighted by Crippen LogP contribution is 2.24. The first-order valence-electron chi connectivity index (χ1n) is 7.93. The van der Waals surface area contributed by atoms with Crippen molar-refractivity contribution >= 4 is 23.6 Å². The van der Waals surface area contributed by atoms with Gasteiger partial charge in [0.2, 0.25) is 0 Å². The number of carboxylic acids is 1. The lowest BCUT2D eigenvalue weighted by molar-refractivity contribution is -0.132. The van der Waals surface area contributed by atoms with E-state index in [1.165, 1.54) is 23.7 Å². The van der Waals surface area contributed by atoms with E-state index in [2.05, 4.69) is 29.2 Å². The predicted molar refractivity (Wildman–Crippen MR) is 101 cm³/mol. The summed E-state index contributed by atoms with van der Waals surface area (Å²) in [6.45, 7) is 5.23. The number of carboxylic acid groups (broad SMARTS) is 1. The minimum absolute atomic E-state index is 0.00478. The van der Waals surface area contributed by atoms with E-state index in [0.29, 0.717) is 5.82 Å². The molecule has 6 nitrogen and oxygen atoms in total. The molecule has 0 unspecified atom stereocenters. The number of aromatic nitrogens is 1. The number of pyridine rings is 1. The summed E-state index contributed by atoms with van der Waals surface area (Å²) >= 11 is 0. The fourth-order valence-corrected chi connectivity index (χ4v) is 2.29. The van der Waals surface area contributed by atoms with Crippen LogP contribution in [0.1, 0.15) is 32.9 Å². The molecule has 0 aliphatic heterocycles. The Balaban J connectivity index is 2.50. The number of anilines is 1. The fraction of sp³-hybridized carbons (Fsp3) is 0.211. The third kappa shape index (κ3) is 4.44. The maximum atomic E-state index is 11.2. The highest BCUT2D eigenvalue weighted by Gasteiger charge is 2.16. The molecule has 1 aromatic heterocycles. The first-order chi connectivity index (χ1) is 11.9. The number of rotatable bonds is 5. The number of carbonyl (C=O) groups is 1. The molecule has 6 heteroatoms. The SMILES string of the molecule is C/C=N\N(/C(N)=C(\C)C(=O)O)c1cccc(C2=CC=CCC(C)=C2)n1. The summed E-state index contributed by atoms with van der Waals surface area (Å²) in [5.41, 5.74) is 8.97. The van der Waals surface area contributed by atoms with Gasteiger partial charge in [-0.3, -0.25) is 0 Å². The summed E-state index contributed by atoms with van der Waals surface area (Å²) in [5, 5.41) is 14.7. The van der Waals surface area contributed by atoms with Crippen LogP contribution in [-0.2, 0) is 4.79 Å². The van der Waals surface area contributed by atoms with E-state index in [0.717, 1.165) is 17.7 Å². The molecule has 1 aliphatic rings. The zero-order chi connectivity index (χ0) is 18.4. The second-order valence-electron chi connectivity index (χ2n) is 5.63. The Morgan fingerprint density at radius 3 is 2.88 bits per heavy atom. The van der Waals surface area contributed by atoms with Gasteiger partial charge in [-0.2, -0.15) is 10.1 Å². The molecule has 0 amide bonds. The van der Waals surface area contributed by atoms with Gasteiger partial charge in [-0.05, 0) is 39.3 Å². The smallest absolute Gasteiger partial charge is 0.335 e. The maximum absolute atomic E-state index is 11.2. The topological polar surface area (TPSA) is 91.8 Å². The summed E-state index contributed by atoms with van der Waals surface area (Å²) in [6.07, 6.45) is 10.6. The summed E-state index contributed by atoms with van der Waals surface area (Å²) in [4.78, 5) is 15.8. The molecule has 3 N–H and O–H groups in total. The molecular formula is C19H22N4O2. The van der Waals surface area contributed by atoms with Gasteiger partial charge in [0.25, 0.3) is 0 Å². The third-order valence-corrected chi connectivity index (χ3v) is 3.66. The molecule has 0 aromatic carbocycles. The van der Waals surface area contributed by atoms with E-state index >= 15 is 0 Å². The van der Waals surface area contributed by atoms with Crippen LogP contribution in [0.25, 0.3) is 5.57 Å². The van der Waals surface area contributed by atoms with Gasteiger partial charge in [-0.15, -0.1) is 0 Å². The van der Waals surface area contributed by atoms with Crippen molar-refractivity contribution in [1.29, 1.82) is 0 Å². The normalized spacial score (nSPS) is 15.3. The van der Waals surface area contributed by atoms with E-state index in [1.54, 1.807) is 13.0 Å². The van der Waals surface area contributed by atoms with Crippen LogP contribution in [-0.4, -0.2) is 22.3 Å². The third-order valence-electron chi connectivity index (χ3n) is 3.66. The molecule has 0 saturated heterocycles. The Bertz CT molecular complexity index is 816. The van der Waals surface area contributed by atoms with Crippen LogP contribution in [0.15, 0.2) is 64.6 Å². The van der Waals surface area contributed by atoms with Crippen molar-refractivity contribution < 1.29 is 9.90 Å². The highest BCUT2D eigenvalue weighted by molar-refractivity contribution is 5.87. The van der Waals surface area contributed by atoms with E-state index < -0.39 is 5.97 Å². The molecule has 0 radical (unpaired) electrons. The molecule has 0 fully saturated rings.